The summed E-state index contributed by atoms with van der Waals surface area (Å²) in [6.45, 7) is 5.79. The second-order valence-electron chi connectivity index (χ2n) is 6.00. The smallest absolute Gasteiger partial charge is 0.167 e. The van der Waals surface area contributed by atoms with Crippen LogP contribution in [0.15, 0.2) is 58.8 Å². The minimum Gasteiger partial charge on any atom is -0.489 e. The van der Waals surface area contributed by atoms with E-state index in [9.17, 15) is 9.65 Å². The lowest BCUT2D eigenvalue weighted by molar-refractivity contribution is 0.304. The molecule has 0 saturated carbocycles. The Morgan fingerprint density at radius 2 is 1.92 bits per heavy atom. The molecule has 0 bridgehead atoms. The summed E-state index contributed by atoms with van der Waals surface area (Å²) in [7, 11) is 0. The Labute approximate surface area is 141 Å². The van der Waals surface area contributed by atoms with Gasteiger partial charge >= 0.3 is 0 Å². The minimum absolute atomic E-state index is 0.0252. The Morgan fingerprint density at radius 3 is 2.50 bits per heavy atom. The number of nitriles is 1. The summed E-state index contributed by atoms with van der Waals surface area (Å²) in [5.74, 6) is -0.140. The zero-order valence-electron chi connectivity index (χ0n) is 14.0. The van der Waals surface area contributed by atoms with Crippen LogP contribution in [0, 0.1) is 23.1 Å². The van der Waals surface area contributed by atoms with Crippen molar-refractivity contribution in [3.8, 4) is 11.8 Å². The second-order valence-corrected chi connectivity index (χ2v) is 6.00. The fourth-order valence-corrected chi connectivity index (χ4v) is 1.82. The summed E-state index contributed by atoms with van der Waals surface area (Å²) in [6.07, 6.45) is 0. The summed E-state index contributed by atoms with van der Waals surface area (Å²) < 4.78 is 19.7. The van der Waals surface area contributed by atoms with Crippen molar-refractivity contribution < 1.29 is 9.13 Å². The normalized spacial score (nSPS) is 13.7. The van der Waals surface area contributed by atoms with Crippen LogP contribution in [0.3, 0.4) is 0 Å². The number of nitrogens with zero attached hydrogens (tertiary/aromatic N) is 3. The van der Waals surface area contributed by atoms with Crippen LogP contribution < -0.4 is 4.74 Å². The highest BCUT2D eigenvalue weighted by Crippen LogP contribution is 2.27. The Morgan fingerprint density at radius 1 is 1.21 bits per heavy atom. The maximum absolute atomic E-state index is 14.1. The lowest BCUT2D eigenvalue weighted by atomic mass is 9.91. The lowest BCUT2D eigenvalue weighted by Crippen LogP contribution is -2.26. The second kappa shape index (κ2) is 7.69. The summed E-state index contributed by atoms with van der Waals surface area (Å²) in [4.78, 5) is 0. The van der Waals surface area contributed by atoms with E-state index in [1.54, 1.807) is 13.0 Å². The van der Waals surface area contributed by atoms with E-state index in [4.69, 9.17) is 4.74 Å². The molecule has 0 aliphatic heterocycles. The Bertz CT molecular complexity index is 753. The molecule has 4 nitrogen and oxygen atoms in total. The lowest BCUT2D eigenvalue weighted by Gasteiger charge is -2.18. The highest BCUT2D eigenvalue weighted by Gasteiger charge is 2.27. The average Bonchev–Trinajstić information content (AvgIpc) is 2.59. The Kier molecular flexibility index (Phi) is 5.64. The van der Waals surface area contributed by atoms with Gasteiger partial charge < -0.3 is 4.74 Å². The predicted octanol–water partition coefficient (Wildman–Crippen LogP) is 5.43. The van der Waals surface area contributed by atoms with Gasteiger partial charge in [-0.25, -0.2) is 4.39 Å². The largest absolute Gasteiger partial charge is 0.489 e. The molecule has 2 rings (SSSR count). The van der Waals surface area contributed by atoms with E-state index in [1.165, 1.54) is 12.1 Å². The number of hydrogen-bond acceptors (Lipinski definition) is 4. The van der Waals surface area contributed by atoms with Gasteiger partial charge in [0, 0.05) is 6.07 Å². The molecule has 0 saturated heterocycles. The third kappa shape index (κ3) is 4.39. The van der Waals surface area contributed by atoms with Crippen LogP contribution in [-0.2, 0) is 6.61 Å². The predicted molar refractivity (Wildman–Crippen MR) is 90.5 cm³/mol. The molecular formula is C19H20FN3O. The van der Waals surface area contributed by atoms with Crippen LogP contribution in [0.25, 0.3) is 0 Å². The van der Waals surface area contributed by atoms with Gasteiger partial charge in [-0.1, -0.05) is 44.2 Å². The molecule has 5 heteroatoms. The molecule has 2 aromatic carbocycles. The van der Waals surface area contributed by atoms with Crippen molar-refractivity contribution in [1.82, 2.24) is 0 Å². The average molecular weight is 325 g/mol. The number of azo groups is 1. The number of benzene rings is 2. The van der Waals surface area contributed by atoms with Gasteiger partial charge in [-0.2, -0.15) is 15.5 Å². The van der Waals surface area contributed by atoms with E-state index >= 15 is 0 Å². The molecule has 0 aliphatic rings. The van der Waals surface area contributed by atoms with Gasteiger partial charge in [-0.3, -0.25) is 0 Å². The van der Waals surface area contributed by atoms with E-state index in [0.29, 0.717) is 12.4 Å². The molecule has 1 unspecified atom stereocenters. The van der Waals surface area contributed by atoms with E-state index in [2.05, 4.69) is 16.3 Å². The van der Waals surface area contributed by atoms with E-state index < -0.39 is 11.4 Å². The van der Waals surface area contributed by atoms with Crippen molar-refractivity contribution >= 4 is 5.69 Å². The van der Waals surface area contributed by atoms with E-state index in [0.717, 1.165) is 5.56 Å². The summed E-state index contributed by atoms with van der Waals surface area (Å²) in [5.41, 5.74) is 0.113. The molecular weight excluding hydrogens is 305 g/mol. The van der Waals surface area contributed by atoms with Crippen molar-refractivity contribution in [1.29, 1.82) is 5.26 Å². The van der Waals surface area contributed by atoms with E-state index in [1.807, 2.05) is 44.2 Å². The van der Waals surface area contributed by atoms with Crippen molar-refractivity contribution in [3.05, 3.63) is 59.9 Å². The molecule has 0 aromatic heterocycles. The van der Waals surface area contributed by atoms with Gasteiger partial charge in [0.15, 0.2) is 11.4 Å². The third-order valence-corrected chi connectivity index (χ3v) is 3.88. The highest BCUT2D eigenvalue weighted by atomic mass is 19.1. The SMILES string of the molecule is CC(C)C(C)(C#N)N=Nc1ccc(OCc2ccccc2)cc1F. The number of rotatable bonds is 6. The fraction of sp³-hybridized carbons (Fsp3) is 0.316. The van der Waals surface area contributed by atoms with E-state index in [-0.39, 0.29) is 11.6 Å². The summed E-state index contributed by atoms with van der Waals surface area (Å²) >= 11 is 0. The van der Waals surface area contributed by atoms with Crippen LogP contribution in [0.2, 0.25) is 0 Å². The first-order valence-electron chi connectivity index (χ1n) is 7.75. The van der Waals surface area contributed by atoms with Crippen LogP contribution in [0.4, 0.5) is 10.1 Å². The van der Waals surface area contributed by atoms with Crippen molar-refractivity contribution in [3.63, 3.8) is 0 Å². The van der Waals surface area contributed by atoms with Crippen LogP contribution >= 0.6 is 0 Å². The van der Waals surface area contributed by atoms with Gasteiger partial charge in [0.25, 0.3) is 0 Å². The first-order chi connectivity index (χ1) is 11.4. The first kappa shape index (κ1) is 17.6. The number of halogens is 1. The highest BCUT2D eigenvalue weighted by molar-refractivity contribution is 5.42. The zero-order valence-corrected chi connectivity index (χ0v) is 14.0. The number of ether oxygens (including phenoxy) is 1. The Hall–Kier alpha value is -2.74. The molecule has 124 valence electrons. The van der Waals surface area contributed by atoms with Gasteiger partial charge in [0.1, 0.15) is 18.0 Å². The van der Waals surface area contributed by atoms with Crippen molar-refractivity contribution in [2.45, 2.75) is 32.9 Å². The fourth-order valence-electron chi connectivity index (χ4n) is 1.82. The van der Waals surface area contributed by atoms with Crippen LogP contribution in [0.1, 0.15) is 26.3 Å². The third-order valence-electron chi connectivity index (χ3n) is 3.88. The topological polar surface area (TPSA) is 57.7 Å². The molecule has 24 heavy (non-hydrogen) atoms. The minimum atomic E-state index is -0.977. The molecule has 2 aromatic rings. The van der Waals surface area contributed by atoms with Gasteiger partial charge in [-0.05, 0) is 30.5 Å². The maximum atomic E-state index is 14.1. The molecule has 0 heterocycles. The first-order valence-corrected chi connectivity index (χ1v) is 7.75. The summed E-state index contributed by atoms with van der Waals surface area (Å²) in [6, 6.07) is 16.2. The van der Waals surface area contributed by atoms with Crippen molar-refractivity contribution in [2.24, 2.45) is 16.1 Å². The molecule has 1 atom stereocenters. The molecule has 0 amide bonds. The standard InChI is InChI=1S/C19H20FN3O/c1-14(2)19(3,13-21)23-22-18-10-9-16(11-17(18)20)24-12-15-7-5-4-6-8-15/h4-11,14H,12H2,1-3H3. The molecule has 0 spiro atoms. The Balaban J connectivity index is 2.08. The van der Waals surface area contributed by atoms with Crippen LogP contribution in [-0.4, -0.2) is 5.54 Å². The number of hydrogen-bond donors (Lipinski definition) is 0. The van der Waals surface area contributed by atoms with Gasteiger partial charge in [-0.15, -0.1) is 0 Å². The van der Waals surface area contributed by atoms with Gasteiger partial charge in [0.2, 0.25) is 0 Å². The van der Waals surface area contributed by atoms with Crippen molar-refractivity contribution in [2.75, 3.05) is 0 Å². The van der Waals surface area contributed by atoms with Gasteiger partial charge in [0.05, 0.1) is 6.07 Å². The summed E-state index contributed by atoms with van der Waals surface area (Å²) in [5, 5.41) is 17.1. The molecule has 0 aliphatic carbocycles. The quantitative estimate of drug-likeness (QED) is 0.665. The maximum Gasteiger partial charge on any atom is 0.167 e. The molecule has 0 fully saturated rings. The van der Waals surface area contributed by atoms with Crippen LogP contribution in [0.5, 0.6) is 5.75 Å². The molecule has 0 radical (unpaired) electrons. The monoisotopic (exact) mass is 325 g/mol. The zero-order chi connectivity index (χ0) is 17.6. The molecule has 0 N–H and O–H groups in total.